The average molecular weight is 415 g/mol. The van der Waals surface area contributed by atoms with Gasteiger partial charge in [-0.15, -0.1) is 11.8 Å². The Balaban J connectivity index is 1.74. The molecule has 0 aromatic heterocycles. The van der Waals surface area contributed by atoms with Crippen molar-refractivity contribution in [3.63, 3.8) is 0 Å². The molecule has 0 saturated heterocycles. The van der Waals surface area contributed by atoms with E-state index in [4.69, 9.17) is 16.3 Å². The van der Waals surface area contributed by atoms with Crippen molar-refractivity contribution in [3.05, 3.63) is 59.6 Å². The fourth-order valence-electron chi connectivity index (χ4n) is 2.80. The van der Waals surface area contributed by atoms with Crippen LogP contribution in [0.3, 0.4) is 0 Å². The van der Waals surface area contributed by atoms with Crippen molar-refractivity contribution >= 4 is 57.3 Å². The number of benzene rings is 3. The molecular weight excluding hydrogens is 396 g/mol. The first kappa shape index (κ1) is 20.0. The van der Waals surface area contributed by atoms with Crippen LogP contribution in [0.5, 0.6) is 5.75 Å². The highest BCUT2D eigenvalue weighted by Gasteiger charge is 2.12. The van der Waals surface area contributed by atoms with E-state index in [0.717, 1.165) is 15.7 Å². The number of thioether (sulfide) groups is 1. The van der Waals surface area contributed by atoms with Crippen molar-refractivity contribution in [2.24, 2.45) is 0 Å². The molecule has 7 heteroatoms. The summed E-state index contributed by atoms with van der Waals surface area (Å²) in [5.41, 5.74) is 1.08. The lowest BCUT2D eigenvalue weighted by Gasteiger charge is -2.13. The SMILES string of the molecule is COc1ccc(NC(C)=O)cc1NC(=O)CSc1cccc2cccc(Cl)c12. The average Bonchev–Trinajstić information content (AvgIpc) is 2.66. The zero-order chi connectivity index (χ0) is 20.1. The maximum absolute atomic E-state index is 12.5. The molecule has 0 atom stereocenters. The minimum Gasteiger partial charge on any atom is -0.495 e. The normalized spacial score (nSPS) is 10.5. The van der Waals surface area contributed by atoms with Crippen LogP contribution in [-0.2, 0) is 9.59 Å². The summed E-state index contributed by atoms with van der Waals surface area (Å²) in [6.45, 7) is 1.43. The number of hydrogen-bond donors (Lipinski definition) is 2. The first-order chi connectivity index (χ1) is 13.5. The molecule has 3 rings (SSSR count). The van der Waals surface area contributed by atoms with Gasteiger partial charge in [-0.05, 0) is 35.7 Å². The molecular formula is C21H19ClN2O3S. The van der Waals surface area contributed by atoms with Gasteiger partial charge >= 0.3 is 0 Å². The van der Waals surface area contributed by atoms with E-state index in [1.54, 1.807) is 18.2 Å². The van der Waals surface area contributed by atoms with Crippen molar-refractivity contribution < 1.29 is 14.3 Å². The lowest BCUT2D eigenvalue weighted by Crippen LogP contribution is -2.15. The van der Waals surface area contributed by atoms with Gasteiger partial charge in [-0.2, -0.15) is 0 Å². The molecule has 0 unspecified atom stereocenters. The molecule has 28 heavy (non-hydrogen) atoms. The van der Waals surface area contributed by atoms with Crippen molar-refractivity contribution in [1.82, 2.24) is 0 Å². The van der Waals surface area contributed by atoms with Gasteiger partial charge in [0.2, 0.25) is 11.8 Å². The van der Waals surface area contributed by atoms with Gasteiger partial charge < -0.3 is 15.4 Å². The number of anilines is 2. The number of amides is 2. The van der Waals surface area contributed by atoms with Gasteiger partial charge in [-0.25, -0.2) is 0 Å². The first-order valence-electron chi connectivity index (χ1n) is 8.53. The van der Waals surface area contributed by atoms with Crippen LogP contribution in [0.2, 0.25) is 5.02 Å². The third-order valence-corrected chi connectivity index (χ3v) is 5.34. The van der Waals surface area contributed by atoms with Gasteiger partial charge in [0.1, 0.15) is 5.75 Å². The Morgan fingerprint density at radius 3 is 2.54 bits per heavy atom. The minimum absolute atomic E-state index is 0.188. The van der Waals surface area contributed by atoms with Crippen LogP contribution in [0.1, 0.15) is 6.92 Å². The lowest BCUT2D eigenvalue weighted by atomic mass is 10.1. The van der Waals surface area contributed by atoms with Crippen LogP contribution in [0.4, 0.5) is 11.4 Å². The summed E-state index contributed by atoms with van der Waals surface area (Å²) >= 11 is 7.75. The highest BCUT2D eigenvalue weighted by atomic mass is 35.5. The summed E-state index contributed by atoms with van der Waals surface area (Å²) in [7, 11) is 1.52. The fraction of sp³-hybridized carbons (Fsp3) is 0.143. The molecule has 0 heterocycles. The van der Waals surface area contributed by atoms with E-state index in [-0.39, 0.29) is 17.6 Å². The van der Waals surface area contributed by atoms with E-state index in [0.29, 0.717) is 22.1 Å². The molecule has 0 aliphatic rings. The van der Waals surface area contributed by atoms with Crippen LogP contribution >= 0.6 is 23.4 Å². The Kier molecular flexibility index (Phi) is 6.44. The second kappa shape index (κ2) is 8.99. The topological polar surface area (TPSA) is 67.4 Å². The van der Waals surface area contributed by atoms with Gasteiger partial charge in [0, 0.05) is 27.9 Å². The molecule has 2 amide bonds. The Morgan fingerprint density at radius 1 is 1.07 bits per heavy atom. The standard InChI is InChI=1S/C21H19ClN2O3S/c1-13(25)23-15-9-10-18(27-2)17(11-15)24-20(26)12-28-19-8-4-6-14-5-3-7-16(22)21(14)19/h3-11H,12H2,1-2H3,(H,23,25)(H,24,26). The van der Waals surface area contributed by atoms with E-state index in [1.165, 1.54) is 25.8 Å². The number of carbonyl (C=O) groups is 2. The number of methoxy groups -OCH3 is 1. The Hall–Kier alpha value is -2.70. The molecule has 2 N–H and O–H groups in total. The number of nitrogens with one attached hydrogen (secondary N) is 2. The smallest absolute Gasteiger partial charge is 0.234 e. The predicted molar refractivity (Wildman–Crippen MR) is 116 cm³/mol. The van der Waals surface area contributed by atoms with Crippen molar-refractivity contribution in [2.45, 2.75) is 11.8 Å². The molecule has 3 aromatic rings. The van der Waals surface area contributed by atoms with Gasteiger partial charge in [0.25, 0.3) is 0 Å². The third-order valence-electron chi connectivity index (χ3n) is 3.97. The molecule has 0 bridgehead atoms. The van der Waals surface area contributed by atoms with E-state index in [9.17, 15) is 9.59 Å². The zero-order valence-corrected chi connectivity index (χ0v) is 17.0. The number of fused-ring (bicyclic) bond motifs is 1. The number of halogens is 1. The number of ether oxygens (including phenoxy) is 1. The highest BCUT2D eigenvalue weighted by Crippen LogP contribution is 2.33. The maximum Gasteiger partial charge on any atom is 0.234 e. The summed E-state index contributed by atoms with van der Waals surface area (Å²) in [6, 6.07) is 16.7. The summed E-state index contributed by atoms with van der Waals surface area (Å²) < 4.78 is 5.29. The van der Waals surface area contributed by atoms with E-state index in [2.05, 4.69) is 10.6 Å². The molecule has 5 nitrogen and oxygen atoms in total. The Bertz CT molecular complexity index is 1030. The molecule has 0 aliphatic carbocycles. The molecule has 0 fully saturated rings. The number of carbonyl (C=O) groups excluding carboxylic acids is 2. The largest absolute Gasteiger partial charge is 0.495 e. The third kappa shape index (κ3) is 4.77. The Labute approximate surface area is 172 Å². The molecule has 3 aromatic carbocycles. The van der Waals surface area contributed by atoms with E-state index >= 15 is 0 Å². The van der Waals surface area contributed by atoms with Crippen molar-refractivity contribution in [1.29, 1.82) is 0 Å². The first-order valence-corrected chi connectivity index (χ1v) is 9.90. The quantitative estimate of drug-likeness (QED) is 0.544. The Morgan fingerprint density at radius 2 is 1.82 bits per heavy atom. The van der Waals surface area contributed by atoms with Gasteiger partial charge in [0.05, 0.1) is 18.6 Å². The summed E-state index contributed by atoms with van der Waals surface area (Å²) in [6.07, 6.45) is 0. The highest BCUT2D eigenvalue weighted by molar-refractivity contribution is 8.00. The summed E-state index contributed by atoms with van der Waals surface area (Å²) in [5, 5.41) is 8.15. The van der Waals surface area contributed by atoms with Gasteiger partial charge in [-0.3, -0.25) is 9.59 Å². The molecule has 144 valence electrons. The zero-order valence-electron chi connectivity index (χ0n) is 15.4. The second-order valence-corrected chi connectivity index (χ2v) is 7.45. The molecule has 0 spiro atoms. The minimum atomic E-state index is -0.189. The summed E-state index contributed by atoms with van der Waals surface area (Å²) in [4.78, 5) is 24.7. The number of rotatable bonds is 6. The molecule has 0 radical (unpaired) electrons. The van der Waals surface area contributed by atoms with Crippen molar-refractivity contribution in [3.8, 4) is 5.75 Å². The van der Waals surface area contributed by atoms with Gasteiger partial charge in [-0.1, -0.05) is 35.9 Å². The van der Waals surface area contributed by atoms with Crippen LogP contribution < -0.4 is 15.4 Å². The maximum atomic E-state index is 12.5. The van der Waals surface area contributed by atoms with Gasteiger partial charge in [0.15, 0.2) is 0 Å². The summed E-state index contributed by atoms with van der Waals surface area (Å²) in [5.74, 6) is 0.344. The number of hydrogen-bond acceptors (Lipinski definition) is 4. The van der Waals surface area contributed by atoms with Crippen molar-refractivity contribution in [2.75, 3.05) is 23.5 Å². The molecule has 0 aliphatic heterocycles. The monoisotopic (exact) mass is 414 g/mol. The molecule has 0 saturated carbocycles. The fourth-order valence-corrected chi connectivity index (χ4v) is 4.04. The second-order valence-electron chi connectivity index (χ2n) is 6.03. The van der Waals surface area contributed by atoms with E-state index < -0.39 is 0 Å². The van der Waals surface area contributed by atoms with Crippen LogP contribution in [0.25, 0.3) is 10.8 Å². The lowest BCUT2D eigenvalue weighted by molar-refractivity contribution is -0.114. The van der Waals surface area contributed by atoms with Crippen LogP contribution in [0, 0.1) is 0 Å². The van der Waals surface area contributed by atoms with Crippen LogP contribution in [-0.4, -0.2) is 24.7 Å². The van der Waals surface area contributed by atoms with Crippen LogP contribution in [0.15, 0.2) is 59.5 Å². The van der Waals surface area contributed by atoms with E-state index in [1.807, 2.05) is 36.4 Å². The predicted octanol–water partition coefficient (Wildman–Crippen LogP) is 5.19.